The maximum Gasteiger partial charge on any atom is 0.337 e. The molecule has 3 aromatic rings. The third-order valence-electron chi connectivity index (χ3n) is 4.47. The van der Waals surface area contributed by atoms with Crippen molar-refractivity contribution in [2.45, 2.75) is 10.6 Å². The van der Waals surface area contributed by atoms with E-state index in [1.807, 2.05) is 36.4 Å². The molecule has 1 amide bonds. The van der Waals surface area contributed by atoms with Gasteiger partial charge in [0.1, 0.15) is 0 Å². The first kappa shape index (κ1) is 23.4. The van der Waals surface area contributed by atoms with E-state index in [0.29, 0.717) is 10.6 Å². The third kappa shape index (κ3) is 6.12. The average molecular weight is 470 g/mol. The van der Waals surface area contributed by atoms with Crippen molar-refractivity contribution in [3.8, 4) is 0 Å². The van der Waals surface area contributed by atoms with Gasteiger partial charge in [-0.3, -0.25) is 4.79 Å². The summed E-state index contributed by atoms with van der Waals surface area (Å²) in [5, 5.41) is 3.40. The van der Waals surface area contributed by atoms with Gasteiger partial charge in [-0.2, -0.15) is 0 Å². The molecule has 0 spiro atoms. The molecule has 0 radical (unpaired) electrons. The zero-order valence-electron chi connectivity index (χ0n) is 17.4. The highest BCUT2D eigenvalue weighted by Gasteiger charge is 2.15. The molecule has 3 aromatic carbocycles. The predicted molar refractivity (Wildman–Crippen MR) is 125 cm³/mol. The lowest BCUT2D eigenvalue weighted by atomic mass is 10.1. The average Bonchev–Trinajstić information content (AvgIpc) is 2.82. The number of rotatable bonds is 7. The van der Waals surface area contributed by atoms with Gasteiger partial charge in [0.25, 0.3) is 5.91 Å². The van der Waals surface area contributed by atoms with Gasteiger partial charge in [-0.25, -0.2) is 9.59 Å². The van der Waals surface area contributed by atoms with Crippen LogP contribution in [0.4, 0.5) is 5.69 Å². The molecule has 32 heavy (non-hydrogen) atoms. The Morgan fingerprint density at radius 2 is 1.38 bits per heavy atom. The number of carbonyl (C=O) groups excluding carboxylic acids is 3. The largest absolute Gasteiger partial charge is 0.465 e. The van der Waals surface area contributed by atoms with Crippen molar-refractivity contribution in [1.29, 1.82) is 0 Å². The Morgan fingerprint density at radius 3 is 1.91 bits per heavy atom. The smallest absolute Gasteiger partial charge is 0.337 e. The second-order valence-corrected chi connectivity index (χ2v) is 8.16. The molecule has 0 bridgehead atoms. The van der Waals surface area contributed by atoms with Gasteiger partial charge in [0.05, 0.1) is 25.3 Å². The molecule has 6 nitrogen and oxygen atoms in total. The highest BCUT2D eigenvalue weighted by Crippen LogP contribution is 2.24. The van der Waals surface area contributed by atoms with E-state index in [0.717, 1.165) is 16.2 Å². The first-order valence-electron chi connectivity index (χ1n) is 9.50. The zero-order chi connectivity index (χ0) is 23.1. The fraction of sp³-hybridized carbons (Fsp3) is 0.125. The highest BCUT2D eigenvalue weighted by molar-refractivity contribution is 7.98. The topological polar surface area (TPSA) is 81.7 Å². The van der Waals surface area contributed by atoms with E-state index in [-0.39, 0.29) is 22.7 Å². The number of hydrogen-bond acceptors (Lipinski definition) is 6. The number of anilines is 1. The molecule has 1 N–H and O–H groups in total. The van der Waals surface area contributed by atoms with Crippen molar-refractivity contribution in [1.82, 2.24) is 0 Å². The minimum atomic E-state index is -0.631. The minimum absolute atomic E-state index is 0.125. The van der Waals surface area contributed by atoms with Gasteiger partial charge in [0.15, 0.2) is 0 Å². The summed E-state index contributed by atoms with van der Waals surface area (Å²) in [6.07, 6.45) is 0. The van der Waals surface area contributed by atoms with E-state index in [4.69, 9.17) is 21.1 Å². The van der Waals surface area contributed by atoms with Crippen LogP contribution in [0.2, 0.25) is 5.02 Å². The molecule has 0 aliphatic heterocycles. The lowest BCUT2D eigenvalue weighted by molar-refractivity contribution is 0.0599. The number of esters is 2. The SMILES string of the molecule is COC(=O)c1cc(NC(=O)c2ccc(CSc3ccc(Cl)cc3)cc2)cc(C(=O)OC)c1. The van der Waals surface area contributed by atoms with Crippen LogP contribution < -0.4 is 5.32 Å². The summed E-state index contributed by atoms with van der Waals surface area (Å²) in [5.41, 5.74) is 2.02. The summed E-state index contributed by atoms with van der Waals surface area (Å²) in [5.74, 6) is -0.893. The number of halogens is 1. The van der Waals surface area contributed by atoms with Gasteiger partial charge < -0.3 is 14.8 Å². The summed E-state index contributed by atoms with van der Waals surface area (Å²) < 4.78 is 9.42. The van der Waals surface area contributed by atoms with Crippen molar-refractivity contribution >= 4 is 46.9 Å². The maximum atomic E-state index is 12.7. The Labute approximate surface area is 194 Å². The molecule has 8 heteroatoms. The van der Waals surface area contributed by atoms with Crippen LogP contribution in [0, 0.1) is 0 Å². The van der Waals surface area contributed by atoms with Crippen LogP contribution >= 0.6 is 23.4 Å². The van der Waals surface area contributed by atoms with Gasteiger partial charge in [-0.1, -0.05) is 23.7 Å². The number of thioether (sulfide) groups is 1. The molecule has 0 saturated carbocycles. The van der Waals surface area contributed by atoms with Crippen molar-refractivity contribution in [3.63, 3.8) is 0 Å². The molecular weight excluding hydrogens is 450 g/mol. The standard InChI is InChI=1S/C24H20ClNO5S/c1-30-23(28)17-11-18(24(29)31-2)13-20(12-17)26-22(27)16-5-3-15(4-6-16)14-32-21-9-7-19(25)8-10-21/h3-13H,14H2,1-2H3,(H,26,27). The Bertz CT molecular complexity index is 1100. The van der Waals surface area contributed by atoms with Crippen LogP contribution in [0.25, 0.3) is 0 Å². The van der Waals surface area contributed by atoms with E-state index in [9.17, 15) is 14.4 Å². The fourth-order valence-electron chi connectivity index (χ4n) is 2.82. The van der Waals surface area contributed by atoms with Crippen LogP contribution in [0.15, 0.2) is 71.6 Å². The van der Waals surface area contributed by atoms with Crippen molar-refractivity contribution in [3.05, 3.63) is 94.0 Å². The Kier molecular flexibility index (Phi) is 7.92. The van der Waals surface area contributed by atoms with E-state index < -0.39 is 11.9 Å². The summed E-state index contributed by atoms with van der Waals surface area (Å²) in [6.45, 7) is 0. The summed E-state index contributed by atoms with van der Waals surface area (Å²) in [4.78, 5) is 37.6. The van der Waals surface area contributed by atoms with Gasteiger partial charge >= 0.3 is 11.9 Å². The van der Waals surface area contributed by atoms with Crippen LogP contribution in [-0.2, 0) is 15.2 Å². The van der Waals surface area contributed by atoms with Crippen molar-refractivity contribution < 1.29 is 23.9 Å². The number of amides is 1. The highest BCUT2D eigenvalue weighted by atomic mass is 35.5. The molecule has 0 saturated heterocycles. The number of methoxy groups -OCH3 is 2. The van der Waals surface area contributed by atoms with Gasteiger partial charge in [-0.15, -0.1) is 11.8 Å². The molecular formula is C24H20ClNO5S. The van der Waals surface area contributed by atoms with Crippen LogP contribution in [-0.4, -0.2) is 32.1 Å². The lowest BCUT2D eigenvalue weighted by Gasteiger charge is -2.10. The second-order valence-electron chi connectivity index (χ2n) is 6.68. The number of nitrogens with one attached hydrogen (secondary N) is 1. The van der Waals surface area contributed by atoms with Gasteiger partial charge in [0, 0.05) is 26.9 Å². The number of ether oxygens (including phenoxy) is 2. The van der Waals surface area contributed by atoms with Gasteiger partial charge in [-0.05, 0) is 60.2 Å². The van der Waals surface area contributed by atoms with Gasteiger partial charge in [0.2, 0.25) is 0 Å². The molecule has 0 unspecified atom stereocenters. The lowest BCUT2D eigenvalue weighted by Crippen LogP contribution is -2.14. The molecule has 0 aliphatic rings. The Hall–Kier alpha value is -3.29. The second kappa shape index (κ2) is 10.8. The summed E-state index contributed by atoms with van der Waals surface area (Å²) in [6, 6.07) is 19.0. The molecule has 0 atom stereocenters. The molecule has 3 rings (SSSR count). The first-order valence-corrected chi connectivity index (χ1v) is 10.9. The summed E-state index contributed by atoms with van der Waals surface area (Å²) in [7, 11) is 2.47. The van der Waals surface area contributed by atoms with E-state index in [1.54, 1.807) is 23.9 Å². The number of carbonyl (C=O) groups is 3. The van der Waals surface area contributed by atoms with E-state index in [2.05, 4.69) is 5.32 Å². The molecule has 164 valence electrons. The predicted octanol–water partition coefficient (Wildman–Crippen LogP) is 5.46. The minimum Gasteiger partial charge on any atom is -0.465 e. The van der Waals surface area contributed by atoms with Crippen molar-refractivity contribution in [2.75, 3.05) is 19.5 Å². The quantitative estimate of drug-likeness (QED) is 0.365. The number of benzene rings is 3. The van der Waals surface area contributed by atoms with E-state index >= 15 is 0 Å². The Morgan fingerprint density at radius 1 is 0.812 bits per heavy atom. The summed E-state index contributed by atoms with van der Waals surface area (Å²) >= 11 is 7.57. The monoisotopic (exact) mass is 469 g/mol. The van der Waals surface area contributed by atoms with Crippen LogP contribution in [0.1, 0.15) is 36.6 Å². The maximum absolute atomic E-state index is 12.7. The normalized spacial score (nSPS) is 10.3. The molecule has 0 aliphatic carbocycles. The third-order valence-corrected chi connectivity index (χ3v) is 5.80. The first-order chi connectivity index (χ1) is 15.4. The molecule has 0 aromatic heterocycles. The zero-order valence-corrected chi connectivity index (χ0v) is 19.0. The molecule has 0 heterocycles. The number of hydrogen-bond donors (Lipinski definition) is 1. The molecule has 0 fully saturated rings. The van der Waals surface area contributed by atoms with Crippen LogP contribution in [0.5, 0.6) is 0 Å². The van der Waals surface area contributed by atoms with E-state index in [1.165, 1.54) is 32.4 Å². The van der Waals surface area contributed by atoms with Crippen LogP contribution in [0.3, 0.4) is 0 Å². The fourth-order valence-corrected chi connectivity index (χ4v) is 3.80. The van der Waals surface area contributed by atoms with Crippen molar-refractivity contribution in [2.24, 2.45) is 0 Å². The Balaban J connectivity index is 1.70.